The molecule has 0 bridgehead atoms. The maximum Gasteiger partial charge on any atom is 0.0236 e. The normalized spacial score (nSPS) is 24.5. The van der Waals surface area contributed by atoms with Crippen LogP contribution >= 0.6 is 0 Å². The smallest absolute Gasteiger partial charge is 0.0236 e. The van der Waals surface area contributed by atoms with Crippen molar-refractivity contribution in [1.82, 2.24) is 5.32 Å². The average Bonchev–Trinajstić information content (AvgIpc) is 2.17. The fraction of sp³-hybridized carbons (Fsp3) is 0.600. The lowest BCUT2D eigenvalue weighted by molar-refractivity contribution is 0.168. The summed E-state index contributed by atoms with van der Waals surface area (Å²) in [5, 5.41) is 3.67. The molecule has 1 fully saturated rings. The minimum Gasteiger partial charge on any atom is -0.311 e. The molecule has 1 N–H and O–H groups in total. The number of nitrogens with one attached hydrogen (secondary N) is 1. The van der Waals surface area contributed by atoms with Crippen LogP contribution in [-0.2, 0) is 6.42 Å². The fourth-order valence-electron chi connectivity index (χ4n) is 2.83. The Labute approximate surface area is 99.3 Å². The Morgan fingerprint density at radius 2 is 2.00 bits per heavy atom. The molecule has 1 aromatic carbocycles. The van der Waals surface area contributed by atoms with Crippen molar-refractivity contribution in [2.24, 2.45) is 5.92 Å². The molecule has 0 saturated carbocycles. The molecule has 88 valence electrons. The van der Waals surface area contributed by atoms with Crippen LogP contribution < -0.4 is 5.32 Å². The maximum absolute atomic E-state index is 3.67. The zero-order valence-corrected chi connectivity index (χ0v) is 10.7. The molecule has 2 rings (SSSR count). The van der Waals surface area contributed by atoms with Gasteiger partial charge in [-0.1, -0.05) is 38.1 Å². The molecule has 1 nitrogen and oxygen atoms in total. The molecule has 1 unspecified atom stereocenters. The third kappa shape index (κ3) is 2.46. The Balaban J connectivity index is 2.10. The number of rotatable bonds is 4. The first-order chi connectivity index (χ1) is 7.61. The van der Waals surface area contributed by atoms with E-state index in [-0.39, 0.29) is 0 Å². The quantitative estimate of drug-likeness (QED) is 0.816. The number of hydrogen-bond donors (Lipinski definition) is 1. The van der Waals surface area contributed by atoms with Gasteiger partial charge in [0.05, 0.1) is 0 Å². The summed E-state index contributed by atoms with van der Waals surface area (Å²) in [7, 11) is 0. The molecule has 1 atom stereocenters. The Morgan fingerprint density at radius 1 is 1.31 bits per heavy atom. The summed E-state index contributed by atoms with van der Waals surface area (Å²) < 4.78 is 0. The molecule has 1 heteroatoms. The highest BCUT2D eigenvalue weighted by Crippen LogP contribution is 2.31. The molecule has 0 aromatic heterocycles. The summed E-state index contributed by atoms with van der Waals surface area (Å²) in [6.45, 7) is 8.05. The minimum atomic E-state index is 0.389. The molecule has 1 aliphatic heterocycles. The van der Waals surface area contributed by atoms with Crippen molar-refractivity contribution in [3.63, 3.8) is 0 Å². The van der Waals surface area contributed by atoms with E-state index in [2.05, 4.69) is 50.4 Å². The van der Waals surface area contributed by atoms with E-state index in [0.29, 0.717) is 5.54 Å². The van der Waals surface area contributed by atoms with Gasteiger partial charge in [-0.05, 0) is 49.8 Å². The molecule has 1 saturated heterocycles. The van der Waals surface area contributed by atoms with E-state index in [1.807, 2.05) is 0 Å². The molecule has 1 heterocycles. The van der Waals surface area contributed by atoms with Gasteiger partial charge in [-0.25, -0.2) is 0 Å². The third-order valence-electron chi connectivity index (χ3n) is 3.69. The van der Waals surface area contributed by atoms with Crippen LogP contribution in [0, 0.1) is 12.8 Å². The summed E-state index contributed by atoms with van der Waals surface area (Å²) >= 11 is 0. The van der Waals surface area contributed by atoms with Crippen molar-refractivity contribution in [2.45, 2.75) is 45.6 Å². The van der Waals surface area contributed by atoms with Crippen LogP contribution in [0.15, 0.2) is 24.3 Å². The van der Waals surface area contributed by atoms with Gasteiger partial charge in [0, 0.05) is 5.54 Å². The summed E-state index contributed by atoms with van der Waals surface area (Å²) in [6.07, 6.45) is 3.82. The van der Waals surface area contributed by atoms with E-state index >= 15 is 0 Å². The predicted molar refractivity (Wildman–Crippen MR) is 69.7 cm³/mol. The first kappa shape index (κ1) is 11.7. The second kappa shape index (κ2) is 4.58. The van der Waals surface area contributed by atoms with E-state index in [1.54, 1.807) is 0 Å². The molecule has 1 aliphatic rings. The van der Waals surface area contributed by atoms with Gasteiger partial charge in [-0.2, -0.15) is 0 Å². The lowest BCUT2D eigenvalue weighted by atomic mass is 9.75. The van der Waals surface area contributed by atoms with Gasteiger partial charge in [-0.3, -0.25) is 0 Å². The van der Waals surface area contributed by atoms with Crippen molar-refractivity contribution < 1.29 is 0 Å². The third-order valence-corrected chi connectivity index (χ3v) is 3.69. The molecule has 16 heavy (non-hydrogen) atoms. The predicted octanol–water partition coefficient (Wildman–Crippen LogP) is 3.32. The van der Waals surface area contributed by atoms with Gasteiger partial charge < -0.3 is 5.32 Å². The second-order valence-electron chi connectivity index (χ2n) is 5.66. The van der Waals surface area contributed by atoms with E-state index in [9.17, 15) is 0 Å². The van der Waals surface area contributed by atoms with Gasteiger partial charge in [0.25, 0.3) is 0 Å². The van der Waals surface area contributed by atoms with Crippen LogP contribution in [0.2, 0.25) is 0 Å². The Morgan fingerprint density at radius 3 is 2.50 bits per heavy atom. The number of aryl methyl sites for hydroxylation is 1. The minimum absolute atomic E-state index is 0.389. The van der Waals surface area contributed by atoms with Crippen molar-refractivity contribution in [3.05, 3.63) is 35.4 Å². The number of benzene rings is 1. The highest BCUT2D eigenvalue weighted by molar-refractivity contribution is 5.28. The Bertz CT molecular complexity index is 350. The monoisotopic (exact) mass is 217 g/mol. The van der Waals surface area contributed by atoms with Crippen molar-refractivity contribution in [3.8, 4) is 0 Å². The molecular formula is C15H23N. The van der Waals surface area contributed by atoms with Crippen LogP contribution in [0.4, 0.5) is 0 Å². The first-order valence-corrected chi connectivity index (χ1v) is 6.41. The van der Waals surface area contributed by atoms with Crippen LogP contribution in [0.1, 0.15) is 37.8 Å². The Kier molecular flexibility index (Phi) is 3.34. The molecule has 0 amide bonds. The zero-order chi connectivity index (χ0) is 11.6. The van der Waals surface area contributed by atoms with Gasteiger partial charge in [0.1, 0.15) is 0 Å². The average molecular weight is 217 g/mol. The van der Waals surface area contributed by atoms with Crippen LogP contribution in [-0.4, -0.2) is 12.1 Å². The van der Waals surface area contributed by atoms with Gasteiger partial charge in [0.15, 0.2) is 0 Å². The topological polar surface area (TPSA) is 12.0 Å². The molecule has 0 radical (unpaired) electrons. The van der Waals surface area contributed by atoms with E-state index in [0.717, 1.165) is 5.92 Å². The molecule has 1 aromatic rings. The highest BCUT2D eigenvalue weighted by Gasteiger charge is 2.36. The maximum atomic E-state index is 3.67. The van der Waals surface area contributed by atoms with Crippen molar-refractivity contribution in [1.29, 1.82) is 0 Å². The first-order valence-electron chi connectivity index (χ1n) is 6.41. The summed E-state index contributed by atoms with van der Waals surface area (Å²) in [5.41, 5.74) is 3.33. The second-order valence-corrected chi connectivity index (χ2v) is 5.66. The number of hydrogen-bond acceptors (Lipinski definition) is 1. The lowest BCUT2D eigenvalue weighted by Gasteiger charge is -2.45. The van der Waals surface area contributed by atoms with Crippen LogP contribution in [0.3, 0.4) is 0 Å². The SMILES string of the molecule is Cc1ccccc1CC1(CC(C)C)CCN1. The van der Waals surface area contributed by atoms with E-state index in [4.69, 9.17) is 0 Å². The largest absolute Gasteiger partial charge is 0.311 e. The molecular weight excluding hydrogens is 194 g/mol. The van der Waals surface area contributed by atoms with Gasteiger partial charge in [-0.15, -0.1) is 0 Å². The molecule has 0 spiro atoms. The Hall–Kier alpha value is -0.820. The lowest BCUT2D eigenvalue weighted by Crippen LogP contribution is -2.59. The molecule has 0 aliphatic carbocycles. The van der Waals surface area contributed by atoms with Gasteiger partial charge >= 0.3 is 0 Å². The highest BCUT2D eigenvalue weighted by atomic mass is 15.0. The summed E-state index contributed by atoms with van der Waals surface area (Å²) in [5.74, 6) is 0.775. The van der Waals surface area contributed by atoms with Crippen molar-refractivity contribution >= 4 is 0 Å². The van der Waals surface area contributed by atoms with Crippen LogP contribution in [0.25, 0.3) is 0 Å². The van der Waals surface area contributed by atoms with Gasteiger partial charge in [0.2, 0.25) is 0 Å². The van der Waals surface area contributed by atoms with Crippen LogP contribution in [0.5, 0.6) is 0 Å². The van der Waals surface area contributed by atoms with Crippen molar-refractivity contribution in [2.75, 3.05) is 6.54 Å². The summed E-state index contributed by atoms with van der Waals surface area (Å²) in [6, 6.07) is 8.78. The summed E-state index contributed by atoms with van der Waals surface area (Å²) in [4.78, 5) is 0. The van der Waals surface area contributed by atoms with E-state index < -0.39 is 0 Å². The fourth-order valence-corrected chi connectivity index (χ4v) is 2.83. The standard InChI is InChI=1S/C15H23N/c1-12(2)10-15(8-9-16-15)11-14-7-5-4-6-13(14)3/h4-7,12,16H,8-11H2,1-3H3. The van der Waals surface area contributed by atoms with E-state index in [1.165, 1.54) is 36.9 Å². The zero-order valence-electron chi connectivity index (χ0n) is 10.7.